The number of allylic oxidation sites excluding steroid dienone is 2. The van der Waals surface area contributed by atoms with Crippen molar-refractivity contribution in [2.45, 2.75) is 26.7 Å². The van der Waals surface area contributed by atoms with Gasteiger partial charge in [0.25, 0.3) is 0 Å². The molecule has 0 spiro atoms. The summed E-state index contributed by atoms with van der Waals surface area (Å²) in [6.07, 6.45) is 5.85. The maximum absolute atomic E-state index is 11.3. The van der Waals surface area contributed by atoms with E-state index in [1.165, 1.54) is 12.0 Å². The first-order valence-corrected chi connectivity index (χ1v) is 9.20. The van der Waals surface area contributed by atoms with Crippen LogP contribution in [0.4, 0.5) is 11.4 Å². The highest BCUT2D eigenvalue weighted by molar-refractivity contribution is 7.92. The minimum Gasteiger partial charge on any atom is -0.385 e. The lowest BCUT2D eigenvalue weighted by molar-refractivity contribution is 0.421. The van der Waals surface area contributed by atoms with E-state index >= 15 is 0 Å². The Morgan fingerprint density at radius 2 is 2.00 bits per heavy atom. The highest BCUT2D eigenvalue weighted by Gasteiger charge is 2.17. The smallest absolute Gasteiger partial charge is 0.229 e. The molecule has 1 aromatic rings. The van der Waals surface area contributed by atoms with Crippen molar-refractivity contribution in [1.29, 1.82) is 0 Å². The molecule has 1 aromatic carbocycles. The van der Waals surface area contributed by atoms with Crippen LogP contribution in [-0.2, 0) is 10.0 Å². The molecule has 2 N–H and O–H groups in total. The molecule has 0 aromatic heterocycles. The van der Waals surface area contributed by atoms with E-state index in [9.17, 15) is 8.42 Å². The summed E-state index contributed by atoms with van der Waals surface area (Å²) in [5, 5.41) is 3.42. The van der Waals surface area contributed by atoms with Gasteiger partial charge in [0.2, 0.25) is 10.0 Å². The lowest BCUT2D eigenvalue weighted by Crippen LogP contribution is -2.20. The van der Waals surface area contributed by atoms with Crippen molar-refractivity contribution < 1.29 is 8.42 Å². The molecule has 1 aliphatic carbocycles. The Kier molecular flexibility index (Phi) is 4.93. The SMILES string of the molecule is CC1=CC(C)CC(CNc2cccc(NS(C)(=O)=O)c2)C1. The highest BCUT2D eigenvalue weighted by atomic mass is 32.2. The second kappa shape index (κ2) is 6.52. The molecular formula is C16H24N2O2S. The first-order chi connectivity index (χ1) is 9.82. The van der Waals surface area contributed by atoms with Gasteiger partial charge < -0.3 is 5.32 Å². The maximum atomic E-state index is 11.3. The lowest BCUT2D eigenvalue weighted by atomic mass is 9.84. The van der Waals surface area contributed by atoms with Crippen molar-refractivity contribution in [2.75, 3.05) is 22.8 Å². The Morgan fingerprint density at radius 1 is 1.29 bits per heavy atom. The Hall–Kier alpha value is -1.49. The lowest BCUT2D eigenvalue weighted by Gasteiger charge is -2.26. The van der Waals surface area contributed by atoms with Gasteiger partial charge in [0.15, 0.2) is 0 Å². The molecule has 0 amide bonds. The van der Waals surface area contributed by atoms with Gasteiger partial charge in [-0.2, -0.15) is 0 Å². The van der Waals surface area contributed by atoms with E-state index in [2.05, 4.69) is 30.0 Å². The zero-order valence-electron chi connectivity index (χ0n) is 12.9. The van der Waals surface area contributed by atoms with Crippen LogP contribution in [0.5, 0.6) is 0 Å². The number of rotatable bonds is 5. The van der Waals surface area contributed by atoms with Crippen LogP contribution < -0.4 is 10.0 Å². The number of benzene rings is 1. The van der Waals surface area contributed by atoms with E-state index < -0.39 is 10.0 Å². The van der Waals surface area contributed by atoms with Crippen LogP contribution in [0.1, 0.15) is 26.7 Å². The summed E-state index contributed by atoms with van der Waals surface area (Å²) in [7, 11) is -3.23. The summed E-state index contributed by atoms with van der Waals surface area (Å²) < 4.78 is 25.0. The number of hydrogen-bond donors (Lipinski definition) is 2. The van der Waals surface area contributed by atoms with Crippen molar-refractivity contribution in [2.24, 2.45) is 11.8 Å². The van der Waals surface area contributed by atoms with E-state index in [4.69, 9.17) is 0 Å². The van der Waals surface area contributed by atoms with Gasteiger partial charge in [-0.25, -0.2) is 8.42 Å². The van der Waals surface area contributed by atoms with Gasteiger partial charge in [0.1, 0.15) is 0 Å². The molecule has 0 saturated carbocycles. The predicted molar refractivity (Wildman–Crippen MR) is 89.0 cm³/mol. The summed E-state index contributed by atoms with van der Waals surface area (Å²) in [6, 6.07) is 7.39. The number of sulfonamides is 1. The second-order valence-corrected chi connectivity index (χ2v) is 7.88. The van der Waals surface area contributed by atoms with Crippen molar-refractivity contribution in [3.63, 3.8) is 0 Å². The Morgan fingerprint density at radius 3 is 2.67 bits per heavy atom. The van der Waals surface area contributed by atoms with Gasteiger partial charge in [-0.1, -0.05) is 24.6 Å². The number of hydrogen-bond acceptors (Lipinski definition) is 3. The van der Waals surface area contributed by atoms with Crippen LogP contribution in [0.25, 0.3) is 0 Å². The molecule has 0 aliphatic heterocycles. The first kappa shape index (κ1) is 15.9. The Bertz CT molecular complexity index is 623. The van der Waals surface area contributed by atoms with E-state index in [0.717, 1.165) is 24.9 Å². The average molecular weight is 308 g/mol. The zero-order chi connectivity index (χ0) is 15.5. The van der Waals surface area contributed by atoms with Crippen molar-refractivity contribution in [3.05, 3.63) is 35.9 Å². The predicted octanol–water partition coefficient (Wildman–Crippen LogP) is 3.46. The molecule has 116 valence electrons. The standard InChI is InChI=1S/C16H24N2O2S/c1-12-7-13(2)9-14(8-12)11-17-15-5-4-6-16(10-15)18-21(3,19)20/h4-7,10,12,14,17-18H,8-9,11H2,1-3H3. The van der Waals surface area contributed by atoms with Gasteiger partial charge in [-0.05, 0) is 49.8 Å². The fourth-order valence-corrected chi connectivity index (χ4v) is 3.57. The fourth-order valence-electron chi connectivity index (χ4n) is 3.01. The quantitative estimate of drug-likeness (QED) is 0.819. The maximum Gasteiger partial charge on any atom is 0.229 e. The summed E-state index contributed by atoms with van der Waals surface area (Å²) >= 11 is 0. The molecule has 2 rings (SSSR count). The molecule has 0 bridgehead atoms. The molecular weight excluding hydrogens is 284 g/mol. The average Bonchev–Trinajstić information content (AvgIpc) is 2.33. The monoisotopic (exact) mass is 308 g/mol. The Balaban J connectivity index is 1.95. The van der Waals surface area contributed by atoms with E-state index in [-0.39, 0.29) is 0 Å². The van der Waals surface area contributed by atoms with Crippen molar-refractivity contribution in [1.82, 2.24) is 0 Å². The molecule has 1 aliphatic rings. The fraction of sp³-hybridized carbons (Fsp3) is 0.500. The highest BCUT2D eigenvalue weighted by Crippen LogP contribution is 2.28. The third kappa shape index (κ3) is 5.42. The first-order valence-electron chi connectivity index (χ1n) is 7.31. The zero-order valence-corrected chi connectivity index (χ0v) is 13.7. The molecule has 21 heavy (non-hydrogen) atoms. The molecule has 2 unspecified atom stereocenters. The van der Waals surface area contributed by atoms with Crippen molar-refractivity contribution in [3.8, 4) is 0 Å². The summed E-state index contributed by atoms with van der Waals surface area (Å²) in [5.74, 6) is 1.28. The van der Waals surface area contributed by atoms with Crippen LogP contribution in [0.15, 0.2) is 35.9 Å². The van der Waals surface area contributed by atoms with Crippen molar-refractivity contribution >= 4 is 21.4 Å². The van der Waals surface area contributed by atoms with E-state index in [1.54, 1.807) is 6.07 Å². The van der Waals surface area contributed by atoms with Crippen LogP contribution in [0.2, 0.25) is 0 Å². The van der Waals surface area contributed by atoms with Crippen LogP contribution in [-0.4, -0.2) is 21.2 Å². The van der Waals surface area contributed by atoms with Gasteiger partial charge in [-0.3, -0.25) is 4.72 Å². The number of anilines is 2. The van der Waals surface area contributed by atoms with Gasteiger partial charge in [-0.15, -0.1) is 0 Å². The van der Waals surface area contributed by atoms with E-state index in [0.29, 0.717) is 17.5 Å². The summed E-state index contributed by atoms with van der Waals surface area (Å²) in [6.45, 7) is 5.36. The minimum atomic E-state index is -3.23. The van der Waals surface area contributed by atoms with Crippen LogP contribution in [0.3, 0.4) is 0 Å². The third-order valence-corrected chi connectivity index (χ3v) is 4.25. The molecule has 0 fully saturated rings. The molecule has 4 nitrogen and oxygen atoms in total. The molecule has 0 saturated heterocycles. The minimum absolute atomic E-state index is 0.593. The topological polar surface area (TPSA) is 58.2 Å². The van der Waals surface area contributed by atoms with Gasteiger partial charge in [0, 0.05) is 12.2 Å². The van der Waals surface area contributed by atoms with Crippen LogP contribution >= 0.6 is 0 Å². The Labute approximate surface area is 127 Å². The normalized spacial score (nSPS) is 22.5. The summed E-state index contributed by atoms with van der Waals surface area (Å²) in [5.41, 5.74) is 3.01. The summed E-state index contributed by atoms with van der Waals surface area (Å²) in [4.78, 5) is 0. The van der Waals surface area contributed by atoms with Crippen LogP contribution in [0, 0.1) is 11.8 Å². The molecule has 5 heteroatoms. The van der Waals surface area contributed by atoms with Gasteiger partial charge >= 0.3 is 0 Å². The second-order valence-electron chi connectivity index (χ2n) is 6.13. The molecule has 0 radical (unpaired) electrons. The van der Waals surface area contributed by atoms with Gasteiger partial charge in [0.05, 0.1) is 11.9 Å². The largest absolute Gasteiger partial charge is 0.385 e. The van der Waals surface area contributed by atoms with E-state index in [1.807, 2.05) is 18.2 Å². The number of nitrogens with one attached hydrogen (secondary N) is 2. The molecule has 0 heterocycles. The molecule has 2 atom stereocenters. The third-order valence-electron chi connectivity index (χ3n) is 3.65.